The molecule has 0 fully saturated rings. The summed E-state index contributed by atoms with van der Waals surface area (Å²) in [4.78, 5) is 34.0. The number of carbonyl (C=O) groups excluding carboxylic acids is 3. The Morgan fingerprint density at radius 3 is 1.95 bits per heavy atom. The Morgan fingerprint density at radius 2 is 1.45 bits per heavy atom. The molecule has 3 N–H and O–H groups in total. The van der Waals surface area contributed by atoms with E-state index in [2.05, 4.69) is 16.0 Å². The van der Waals surface area contributed by atoms with Gasteiger partial charge in [-0.15, -0.1) is 0 Å². The summed E-state index contributed by atoms with van der Waals surface area (Å²) in [5, 5.41) is 7.92. The van der Waals surface area contributed by atoms with Crippen LogP contribution in [0.3, 0.4) is 0 Å². The number of amides is 3. The van der Waals surface area contributed by atoms with Crippen LogP contribution in [0.15, 0.2) is 0 Å². The van der Waals surface area contributed by atoms with Crippen molar-refractivity contribution in [1.82, 2.24) is 16.0 Å². The molecule has 0 aliphatic heterocycles. The Labute approximate surface area is 121 Å². The lowest BCUT2D eigenvalue weighted by molar-refractivity contribution is -0.126. The van der Waals surface area contributed by atoms with Crippen molar-refractivity contribution in [3.05, 3.63) is 0 Å². The lowest BCUT2D eigenvalue weighted by Gasteiger charge is -2.17. The first-order chi connectivity index (χ1) is 9.36. The minimum absolute atomic E-state index is 0.00530. The van der Waals surface area contributed by atoms with Crippen molar-refractivity contribution in [1.29, 1.82) is 0 Å². The molecule has 0 aromatic heterocycles. The van der Waals surface area contributed by atoms with E-state index in [1.807, 2.05) is 20.8 Å². The molecular formula is C14H27N3O3. The van der Waals surface area contributed by atoms with Gasteiger partial charge in [0.1, 0.15) is 0 Å². The summed E-state index contributed by atoms with van der Waals surface area (Å²) in [6.45, 7) is 5.99. The summed E-state index contributed by atoms with van der Waals surface area (Å²) < 4.78 is 0. The summed E-state index contributed by atoms with van der Waals surface area (Å²) in [7, 11) is 1.59. The Kier molecular flexibility index (Phi) is 9.41. The highest BCUT2D eigenvalue weighted by Gasteiger charge is 2.11. The number of nitrogens with one attached hydrogen (secondary N) is 3. The molecule has 0 radical (unpaired) electrons. The molecule has 0 aromatic carbocycles. The topological polar surface area (TPSA) is 87.3 Å². The average Bonchev–Trinajstić information content (AvgIpc) is 2.40. The molecule has 20 heavy (non-hydrogen) atoms. The van der Waals surface area contributed by atoms with Crippen molar-refractivity contribution < 1.29 is 14.4 Å². The highest BCUT2D eigenvalue weighted by molar-refractivity contribution is 5.84. The Morgan fingerprint density at radius 1 is 0.900 bits per heavy atom. The van der Waals surface area contributed by atoms with Crippen molar-refractivity contribution >= 4 is 17.7 Å². The molecule has 1 unspecified atom stereocenters. The van der Waals surface area contributed by atoms with Crippen LogP contribution in [0.25, 0.3) is 0 Å². The Balaban J connectivity index is 3.67. The quantitative estimate of drug-likeness (QED) is 0.541. The molecule has 1 atom stereocenters. The molecule has 0 aromatic rings. The second kappa shape index (κ2) is 10.2. The second-order valence-electron chi connectivity index (χ2n) is 5.26. The van der Waals surface area contributed by atoms with Crippen LogP contribution in [0.5, 0.6) is 0 Å². The van der Waals surface area contributed by atoms with E-state index in [0.717, 1.165) is 0 Å². The first-order valence-electron chi connectivity index (χ1n) is 7.13. The van der Waals surface area contributed by atoms with Gasteiger partial charge in [0.15, 0.2) is 0 Å². The predicted molar refractivity (Wildman–Crippen MR) is 78.0 cm³/mol. The van der Waals surface area contributed by atoms with Crippen LogP contribution in [0.1, 0.15) is 46.5 Å². The van der Waals surface area contributed by atoms with Gasteiger partial charge in [-0.2, -0.15) is 0 Å². The van der Waals surface area contributed by atoms with Crippen LogP contribution in [0.4, 0.5) is 0 Å². The second-order valence-corrected chi connectivity index (χ2v) is 5.26. The fourth-order valence-electron chi connectivity index (χ4n) is 1.43. The van der Waals surface area contributed by atoms with Crippen molar-refractivity contribution in [2.45, 2.75) is 52.5 Å². The van der Waals surface area contributed by atoms with Crippen LogP contribution < -0.4 is 16.0 Å². The zero-order valence-corrected chi connectivity index (χ0v) is 12.9. The van der Waals surface area contributed by atoms with E-state index in [1.165, 1.54) is 0 Å². The summed E-state index contributed by atoms with van der Waals surface area (Å²) >= 11 is 0. The SMILES string of the molecule is CNC(=O)CCCCC(=O)NCC(=O)NC(C)C(C)C. The van der Waals surface area contributed by atoms with Gasteiger partial charge >= 0.3 is 0 Å². The lowest BCUT2D eigenvalue weighted by Crippen LogP contribution is -2.42. The van der Waals surface area contributed by atoms with E-state index in [-0.39, 0.29) is 30.3 Å². The summed E-state index contributed by atoms with van der Waals surface area (Å²) in [5.74, 6) is 0.00555. The van der Waals surface area contributed by atoms with Gasteiger partial charge in [-0.1, -0.05) is 13.8 Å². The smallest absolute Gasteiger partial charge is 0.239 e. The molecule has 0 bridgehead atoms. The molecule has 3 amide bonds. The molecule has 6 nitrogen and oxygen atoms in total. The lowest BCUT2D eigenvalue weighted by atomic mass is 10.1. The zero-order valence-electron chi connectivity index (χ0n) is 12.9. The van der Waals surface area contributed by atoms with E-state index in [9.17, 15) is 14.4 Å². The molecule has 0 rings (SSSR count). The monoisotopic (exact) mass is 285 g/mol. The maximum absolute atomic E-state index is 11.5. The highest BCUT2D eigenvalue weighted by atomic mass is 16.2. The van der Waals surface area contributed by atoms with Crippen molar-refractivity contribution in [3.63, 3.8) is 0 Å². The van der Waals surface area contributed by atoms with E-state index in [0.29, 0.717) is 31.6 Å². The maximum atomic E-state index is 11.5. The third kappa shape index (κ3) is 9.35. The van der Waals surface area contributed by atoms with Gasteiger partial charge in [-0.25, -0.2) is 0 Å². The maximum Gasteiger partial charge on any atom is 0.239 e. The molecule has 0 saturated heterocycles. The number of hydrogen-bond donors (Lipinski definition) is 3. The van der Waals surface area contributed by atoms with Gasteiger partial charge in [-0.3, -0.25) is 14.4 Å². The minimum atomic E-state index is -0.176. The van der Waals surface area contributed by atoms with Crippen LogP contribution in [0, 0.1) is 5.92 Å². The van der Waals surface area contributed by atoms with Crippen LogP contribution in [-0.2, 0) is 14.4 Å². The average molecular weight is 285 g/mol. The van der Waals surface area contributed by atoms with Crippen molar-refractivity contribution in [2.24, 2.45) is 5.92 Å². The molecule has 0 aliphatic rings. The van der Waals surface area contributed by atoms with Gasteiger partial charge in [0, 0.05) is 25.9 Å². The Bertz CT molecular complexity index is 330. The van der Waals surface area contributed by atoms with Crippen molar-refractivity contribution in [2.75, 3.05) is 13.6 Å². The summed E-state index contributed by atoms with van der Waals surface area (Å²) in [5.41, 5.74) is 0. The van der Waals surface area contributed by atoms with Crippen LogP contribution >= 0.6 is 0 Å². The Hall–Kier alpha value is -1.59. The van der Waals surface area contributed by atoms with Crippen molar-refractivity contribution in [3.8, 4) is 0 Å². The third-order valence-corrected chi connectivity index (χ3v) is 3.17. The molecule has 0 aliphatic carbocycles. The fourth-order valence-corrected chi connectivity index (χ4v) is 1.43. The number of carbonyl (C=O) groups is 3. The first-order valence-corrected chi connectivity index (χ1v) is 7.13. The molecule has 0 spiro atoms. The van der Waals surface area contributed by atoms with Gasteiger partial charge in [0.2, 0.25) is 17.7 Å². The first kappa shape index (κ1) is 18.4. The fraction of sp³-hybridized carbons (Fsp3) is 0.786. The summed E-state index contributed by atoms with van der Waals surface area (Å²) in [6, 6.07) is 0.0898. The van der Waals surface area contributed by atoms with E-state index in [4.69, 9.17) is 0 Å². The number of rotatable bonds is 9. The minimum Gasteiger partial charge on any atom is -0.359 e. The number of unbranched alkanes of at least 4 members (excludes halogenated alkanes) is 1. The van der Waals surface area contributed by atoms with E-state index < -0.39 is 0 Å². The standard InChI is InChI=1S/C14H27N3O3/c1-10(2)11(3)17-14(20)9-16-13(19)8-6-5-7-12(18)15-4/h10-11H,5-9H2,1-4H3,(H,15,18)(H,16,19)(H,17,20). The highest BCUT2D eigenvalue weighted by Crippen LogP contribution is 2.00. The molecule has 6 heteroatoms. The molecule has 0 saturated carbocycles. The normalized spacial score (nSPS) is 11.8. The van der Waals surface area contributed by atoms with Crippen LogP contribution in [-0.4, -0.2) is 37.4 Å². The molecular weight excluding hydrogens is 258 g/mol. The van der Waals surface area contributed by atoms with Gasteiger partial charge in [-0.05, 0) is 25.7 Å². The van der Waals surface area contributed by atoms with Gasteiger partial charge < -0.3 is 16.0 Å². The third-order valence-electron chi connectivity index (χ3n) is 3.17. The summed E-state index contributed by atoms with van der Waals surface area (Å²) in [6.07, 6.45) is 2.08. The van der Waals surface area contributed by atoms with Crippen LogP contribution in [0.2, 0.25) is 0 Å². The van der Waals surface area contributed by atoms with E-state index >= 15 is 0 Å². The zero-order chi connectivity index (χ0) is 15.5. The van der Waals surface area contributed by atoms with Gasteiger partial charge in [0.05, 0.1) is 6.54 Å². The largest absolute Gasteiger partial charge is 0.359 e. The van der Waals surface area contributed by atoms with Gasteiger partial charge in [0.25, 0.3) is 0 Å². The number of hydrogen-bond acceptors (Lipinski definition) is 3. The van der Waals surface area contributed by atoms with E-state index in [1.54, 1.807) is 7.05 Å². The molecule has 116 valence electrons. The molecule has 0 heterocycles. The predicted octanol–water partition coefficient (Wildman–Crippen LogP) is 0.570.